The van der Waals surface area contributed by atoms with E-state index in [1.807, 2.05) is 24.4 Å². The Morgan fingerprint density at radius 2 is 2.00 bits per heavy atom. The van der Waals surface area contributed by atoms with E-state index in [0.29, 0.717) is 34.2 Å². The summed E-state index contributed by atoms with van der Waals surface area (Å²) in [5.74, 6) is 1.34. The lowest BCUT2D eigenvalue weighted by molar-refractivity contribution is 0.102. The molecule has 3 aliphatic rings. The van der Waals surface area contributed by atoms with Crippen LogP contribution in [-0.2, 0) is 10.0 Å². The van der Waals surface area contributed by atoms with Gasteiger partial charge in [-0.25, -0.2) is 18.1 Å². The number of nitrogens with one attached hydrogen (secondary N) is 3. The topological polar surface area (TPSA) is 121 Å². The minimum Gasteiger partial charge on any atom is -0.371 e. The number of piperidine rings is 1. The largest absolute Gasteiger partial charge is 0.371 e. The first-order valence-electron chi connectivity index (χ1n) is 13.8. The smallest absolute Gasteiger partial charge is 0.258 e. The van der Waals surface area contributed by atoms with E-state index in [4.69, 9.17) is 4.98 Å². The Kier molecular flexibility index (Phi) is 6.70. The van der Waals surface area contributed by atoms with Crippen LogP contribution in [0.3, 0.4) is 0 Å². The predicted molar refractivity (Wildman–Crippen MR) is 153 cm³/mol. The van der Waals surface area contributed by atoms with Gasteiger partial charge in [0.2, 0.25) is 10.0 Å². The summed E-state index contributed by atoms with van der Waals surface area (Å²) in [5, 5.41) is 10.8. The lowest BCUT2D eigenvalue weighted by Gasteiger charge is -2.41. The van der Waals surface area contributed by atoms with Crippen LogP contribution in [0.1, 0.15) is 55.8 Å². The summed E-state index contributed by atoms with van der Waals surface area (Å²) in [6.45, 7) is 4.11. The number of nitrogens with zero attached hydrogens (tertiary/aromatic N) is 4. The molecule has 3 aromatic rings. The number of carbonyl (C=O) groups is 1. The highest BCUT2D eigenvalue weighted by Gasteiger charge is 2.51. The summed E-state index contributed by atoms with van der Waals surface area (Å²) in [6, 6.07) is 10.7. The molecule has 4 bridgehead atoms. The number of amides is 1. The van der Waals surface area contributed by atoms with Gasteiger partial charge in [0.15, 0.2) is 5.82 Å². The van der Waals surface area contributed by atoms with Gasteiger partial charge >= 0.3 is 0 Å². The highest BCUT2D eigenvalue weighted by Crippen LogP contribution is 2.58. The summed E-state index contributed by atoms with van der Waals surface area (Å²) >= 11 is 0. The summed E-state index contributed by atoms with van der Waals surface area (Å²) in [4.78, 5) is 20.7. The van der Waals surface area contributed by atoms with Gasteiger partial charge in [-0.05, 0) is 86.8 Å². The van der Waals surface area contributed by atoms with E-state index >= 15 is 0 Å². The van der Waals surface area contributed by atoms with E-state index in [1.54, 1.807) is 36.0 Å². The molecule has 1 atom stereocenters. The van der Waals surface area contributed by atoms with Crippen LogP contribution in [0.4, 0.5) is 23.0 Å². The number of rotatable bonds is 4. The molecular formula is C28H35N7O3S. The molecule has 11 heteroatoms. The third-order valence-electron chi connectivity index (χ3n) is 8.45. The molecule has 2 aliphatic heterocycles. The highest BCUT2D eigenvalue weighted by atomic mass is 32.2. The lowest BCUT2D eigenvalue weighted by atomic mass is 9.79. The Bertz CT molecular complexity index is 1470. The summed E-state index contributed by atoms with van der Waals surface area (Å²) in [7, 11) is -3.45. The third-order valence-corrected chi connectivity index (χ3v) is 9.76. The Hall–Kier alpha value is -3.60. The van der Waals surface area contributed by atoms with Gasteiger partial charge in [-0.3, -0.25) is 9.52 Å². The fourth-order valence-corrected chi connectivity index (χ4v) is 6.63. The van der Waals surface area contributed by atoms with Crippen molar-refractivity contribution in [2.75, 3.05) is 45.6 Å². The number of sulfonamides is 1. The van der Waals surface area contributed by atoms with Crippen molar-refractivity contribution in [1.29, 1.82) is 0 Å². The number of fused-ring (bicyclic) bond motifs is 7. The first-order valence-corrected chi connectivity index (χ1v) is 15.5. The van der Waals surface area contributed by atoms with E-state index in [0.717, 1.165) is 56.7 Å². The average Bonchev–Trinajstić information content (AvgIpc) is 3.48. The number of aromatic nitrogens is 3. The van der Waals surface area contributed by atoms with Crippen molar-refractivity contribution < 1.29 is 13.2 Å². The minimum atomic E-state index is -3.45. The van der Waals surface area contributed by atoms with Crippen LogP contribution >= 0.6 is 0 Å². The molecule has 0 radical (unpaired) electrons. The molecular weight excluding hydrogens is 514 g/mol. The maximum absolute atomic E-state index is 13.7. The predicted octanol–water partition coefficient (Wildman–Crippen LogP) is 4.48. The fourth-order valence-electron chi connectivity index (χ4n) is 6.00. The monoisotopic (exact) mass is 549 g/mol. The van der Waals surface area contributed by atoms with Gasteiger partial charge in [0, 0.05) is 32.0 Å². The second-order valence-electron chi connectivity index (χ2n) is 10.9. The van der Waals surface area contributed by atoms with Crippen LogP contribution in [0.15, 0.2) is 48.8 Å². The number of hydrogen-bond donors (Lipinski definition) is 3. The van der Waals surface area contributed by atoms with Gasteiger partial charge in [-0.2, -0.15) is 5.10 Å². The zero-order valence-corrected chi connectivity index (χ0v) is 23.0. The molecule has 2 fully saturated rings. The number of hydrogen-bond acceptors (Lipinski definition) is 7. The summed E-state index contributed by atoms with van der Waals surface area (Å²) < 4.78 is 29.0. The molecule has 3 N–H and O–H groups in total. The maximum Gasteiger partial charge on any atom is 0.258 e. The Labute approximate surface area is 229 Å². The van der Waals surface area contributed by atoms with Crippen molar-refractivity contribution in [2.24, 2.45) is 11.3 Å². The molecule has 1 spiro atoms. The first-order chi connectivity index (χ1) is 18.9. The van der Waals surface area contributed by atoms with E-state index < -0.39 is 10.0 Å². The van der Waals surface area contributed by atoms with Crippen LogP contribution in [0, 0.1) is 11.3 Å². The fraction of sp³-hybridized carbons (Fsp3) is 0.464. The summed E-state index contributed by atoms with van der Waals surface area (Å²) in [5.41, 5.74) is 2.96. The van der Waals surface area contributed by atoms with Crippen molar-refractivity contribution in [2.45, 2.75) is 45.4 Å². The highest BCUT2D eigenvalue weighted by molar-refractivity contribution is 7.92. The molecule has 6 rings (SSSR count). The van der Waals surface area contributed by atoms with Crippen molar-refractivity contribution in [3.8, 4) is 5.69 Å². The molecule has 0 unspecified atom stereocenters. The van der Waals surface area contributed by atoms with E-state index in [1.165, 1.54) is 12.8 Å². The van der Waals surface area contributed by atoms with E-state index in [9.17, 15) is 13.2 Å². The molecule has 1 saturated heterocycles. The molecule has 1 saturated carbocycles. The summed E-state index contributed by atoms with van der Waals surface area (Å²) in [6.07, 6.45) is 10.5. The molecule has 1 aliphatic carbocycles. The Morgan fingerprint density at radius 1 is 1.13 bits per heavy atom. The van der Waals surface area contributed by atoms with Crippen LogP contribution in [0.5, 0.6) is 0 Å². The molecule has 4 heterocycles. The van der Waals surface area contributed by atoms with Crippen LogP contribution < -0.4 is 20.3 Å². The quantitative estimate of drug-likeness (QED) is 0.439. The van der Waals surface area contributed by atoms with Gasteiger partial charge in [-0.1, -0.05) is 6.42 Å². The number of pyridine rings is 1. The average molecular weight is 550 g/mol. The van der Waals surface area contributed by atoms with Crippen LogP contribution in [0.25, 0.3) is 5.69 Å². The maximum atomic E-state index is 13.7. The van der Waals surface area contributed by atoms with E-state index in [2.05, 4.69) is 25.4 Å². The number of anilines is 4. The second-order valence-corrected chi connectivity index (χ2v) is 12.9. The van der Waals surface area contributed by atoms with E-state index in [-0.39, 0.29) is 11.7 Å². The van der Waals surface area contributed by atoms with Gasteiger partial charge < -0.3 is 15.5 Å². The Balaban J connectivity index is 1.38. The SMILES string of the molecule is CCS(=O)(=O)Nc1ccc2c(c1)N1CCC3(CC3)[C@H](CCCCNc3nc(ccc3-n3cccn3)NC2=O)C1. The van der Waals surface area contributed by atoms with Crippen LogP contribution in [0.2, 0.25) is 0 Å². The van der Waals surface area contributed by atoms with Gasteiger partial charge in [-0.15, -0.1) is 0 Å². The zero-order chi connectivity index (χ0) is 27.0. The third kappa shape index (κ3) is 5.32. The first kappa shape index (κ1) is 25.7. The minimum absolute atomic E-state index is 0.0184. The van der Waals surface area contributed by atoms with Crippen molar-refractivity contribution >= 4 is 38.9 Å². The van der Waals surface area contributed by atoms with Gasteiger partial charge in [0.25, 0.3) is 5.91 Å². The lowest BCUT2D eigenvalue weighted by Crippen LogP contribution is -2.42. The zero-order valence-electron chi connectivity index (χ0n) is 22.2. The molecule has 1 amide bonds. The second kappa shape index (κ2) is 10.2. The number of carbonyl (C=O) groups excluding carboxylic acids is 1. The van der Waals surface area contributed by atoms with Crippen molar-refractivity contribution in [3.05, 3.63) is 54.4 Å². The van der Waals surface area contributed by atoms with Gasteiger partial charge in [0.1, 0.15) is 11.5 Å². The normalized spacial score (nSPS) is 20.7. The van der Waals surface area contributed by atoms with Crippen molar-refractivity contribution in [3.63, 3.8) is 0 Å². The Morgan fingerprint density at radius 3 is 2.77 bits per heavy atom. The molecule has 206 valence electrons. The van der Waals surface area contributed by atoms with Crippen molar-refractivity contribution in [1.82, 2.24) is 14.8 Å². The molecule has 2 aromatic heterocycles. The van der Waals surface area contributed by atoms with Crippen LogP contribution in [-0.4, -0.2) is 54.5 Å². The molecule has 10 nitrogen and oxygen atoms in total. The van der Waals surface area contributed by atoms with Gasteiger partial charge in [0.05, 0.1) is 22.7 Å². The number of benzene rings is 1. The molecule has 1 aromatic carbocycles. The standard InChI is InChI=1S/C28H35N7O3S/c1-2-39(37,38)33-21-7-8-22-24(18-21)34-17-13-28(11-12-28)20(19-34)6-3-4-14-29-26-23(35-16-5-15-30-35)9-10-25(31-26)32-27(22)36/h5,7-10,15-16,18,20,33H,2-4,6,11-14,17,19H2,1H3,(H2,29,31,32,36)/t20-/m1/s1. The molecule has 39 heavy (non-hydrogen) atoms.